The molecule has 0 spiro atoms. The highest BCUT2D eigenvalue weighted by atomic mass is 16.2. The summed E-state index contributed by atoms with van der Waals surface area (Å²) in [5.74, 6) is 0.313. The third-order valence-electron chi connectivity index (χ3n) is 5.36. The summed E-state index contributed by atoms with van der Waals surface area (Å²) >= 11 is 0. The Labute approximate surface area is 157 Å². The van der Waals surface area contributed by atoms with Crippen LogP contribution in [0.5, 0.6) is 0 Å². The van der Waals surface area contributed by atoms with Crippen LogP contribution in [0, 0.1) is 5.92 Å². The zero-order valence-corrected chi connectivity index (χ0v) is 17.1. The SMILES string of the molecule is CCC(CC)C(=O)N1CCC(NC(=O)c2cc(C(C)(C)C)nn2C)CC1. The number of amides is 2. The first kappa shape index (κ1) is 20.5. The molecule has 2 heterocycles. The number of hydrogen-bond acceptors (Lipinski definition) is 3. The highest BCUT2D eigenvalue weighted by molar-refractivity contribution is 5.93. The summed E-state index contributed by atoms with van der Waals surface area (Å²) in [5.41, 5.74) is 1.41. The van der Waals surface area contributed by atoms with E-state index in [4.69, 9.17) is 0 Å². The van der Waals surface area contributed by atoms with Crippen molar-refractivity contribution in [2.24, 2.45) is 13.0 Å². The highest BCUT2D eigenvalue weighted by Crippen LogP contribution is 2.22. The minimum absolute atomic E-state index is 0.0831. The molecule has 0 aromatic carbocycles. The molecule has 1 N–H and O–H groups in total. The Hall–Kier alpha value is -1.85. The molecule has 1 aromatic rings. The van der Waals surface area contributed by atoms with Gasteiger partial charge in [0.1, 0.15) is 5.69 Å². The van der Waals surface area contributed by atoms with Gasteiger partial charge in [-0.05, 0) is 31.7 Å². The molecule has 6 nitrogen and oxygen atoms in total. The van der Waals surface area contributed by atoms with E-state index < -0.39 is 0 Å². The first-order valence-corrected chi connectivity index (χ1v) is 9.81. The molecule has 0 atom stereocenters. The predicted molar refractivity (Wildman–Crippen MR) is 103 cm³/mol. The Bertz CT molecular complexity index is 633. The lowest BCUT2D eigenvalue weighted by Gasteiger charge is -2.34. The Morgan fingerprint density at radius 3 is 2.27 bits per heavy atom. The lowest BCUT2D eigenvalue weighted by molar-refractivity contribution is -0.136. The van der Waals surface area contributed by atoms with Gasteiger partial charge in [-0.2, -0.15) is 5.10 Å². The van der Waals surface area contributed by atoms with Crippen LogP contribution in [0.2, 0.25) is 0 Å². The number of carbonyl (C=O) groups excluding carboxylic acids is 2. The normalized spacial score (nSPS) is 16.2. The molecule has 1 saturated heterocycles. The standard InChI is InChI=1S/C20H34N4O2/c1-7-14(8-2)19(26)24-11-9-15(10-12-24)21-18(25)16-13-17(20(3,4)5)22-23(16)6/h13-15H,7-12H2,1-6H3,(H,21,25). The second kappa shape index (κ2) is 8.23. The molecular weight excluding hydrogens is 328 g/mol. The van der Waals surface area contributed by atoms with Gasteiger partial charge < -0.3 is 10.2 Å². The molecular formula is C20H34N4O2. The molecule has 2 amide bonds. The van der Waals surface area contributed by atoms with E-state index in [0.29, 0.717) is 5.69 Å². The molecule has 0 aliphatic carbocycles. The number of nitrogens with one attached hydrogen (secondary N) is 1. The van der Waals surface area contributed by atoms with Crippen LogP contribution in [0.4, 0.5) is 0 Å². The van der Waals surface area contributed by atoms with Gasteiger partial charge in [-0.15, -0.1) is 0 Å². The summed E-state index contributed by atoms with van der Waals surface area (Å²) in [7, 11) is 1.81. The Kier molecular flexibility index (Phi) is 6.48. The lowest BCUT2D eigenvalue weighted by Crippen LogP contribution is -2.48. The summed E-state index contributed by atoms with van der Waals surface area (Å²) in [6.07, 6.45) is 3.40. The molecule has 0 bridgehead atoms. The van der Waals surface area contributed by atoms with E-state index in [1.165, 1.54) is 0 Å². The van der Waals surface area contributed by atoms with Crippen LogP contribution >= 0.6 is 0 Å². The molecule has 0 unspecified atom stereocenters. The Balaban J connectivity index is 1.92. The fourth-order valence-electron chi connectivity index (χ4n) is 3.45. The van der Waals surface area contributed by atoms with Crippen LogP contribution in [0.15, 0.2) is 6.07 Å². The Morgan fingerprint density at radius 1 is 1.23 bits per heavy atom. The third-order valence-corrected chi connectivity index (χ3v) is 5.36. The maximum Gasteiger partial charge on any atom is 0.269 e. The molecule has 1 aromatic heterocycles. The largest absolute Gasteiger partial charge is 0.348 e. The van der Waals surface area contributed by atoms with Gasteiger partial charge in [0.25, 0.3) is 5.91 Å². The van der Waals surface area contributed by atoms with Gasteiger partial charge in [0.2, 0.25) is 5.91 Å². The van der Waals surface area contributed by atoms with Crippen molar-refractivity contribution < 1.29 is 9.59 Å². The van der Waals surface area contributed by atoms with Gasteiger partial charge in [-0.1, -0.05) is 34.6 Å². The van der Waals surface area contributed by atoms with Gasteiger partial charge in [0.05, 0.1) is 5.69 Å². The molecule has 0 radical (unpaired) electrons. The molecule has 26 heavy (non-hydrogen) atoms. The fraction of sp³-hybridized carbons (Fsp3) is 0.750. The minimum atomic E-state index is -0.0862. The quantitative estimate of drug-likeness (QED) is 0.876. The van der Waals surface area contributed by atoms with Crippen molar-refractivity contribution in [2.45, 2.75) is 71.8 Å². The van der Waals surface area contributed by atoms with Crippen LogP contribution in [-0.4, -0.2) is 45.6 Å². The molecule has 1 aliphatic rings. The van der Waals surface area contributed by atoms with Crippen LogP contribution in [-0.2, 0) is 17.3 Å². The number of aromatic nitrogens is 2. The number of aryl methyl sites for hydroxylation is 1. The van der Waals surface area contributed by atoms with Crippen LogP contribution in [0.25, 0.3) is 0 Å². The fourth-order valence-corrected chi connectivity index (χ4v) is 3.45. The number of likely N-dealkylation sites (tertiary alicyclic amines) is 1. The molecule has 1 fully saturated rings. The average molecular weight is 363 g/mol. The number of nitrogens with zero attached hydrogens (tertiary/aromatic N) is 3. The Morgan fingerprint density at radius 2 is 1.81 bits per heavy atom. The number of hydrogen-bond donors (Lipinski definition) is 1. The number of carbonyl (C=O) groups is 2. The lowest BCUT2D eigenvalue weighted by atomic mass is 9.92. The average Bonchev–Trinajstić information content (AvgIpc) is 2.99. The van der Waals surface area contributed by atoms with Crippen molar-refractivity contribution in [2.75, 3.05) is 13.1 Å². The van der Waals surface area contributed by atoms with Crippen molar-refractivity contribution in [3.63, 3.8) is 0 Å². The second-order valence-electron chi connectivity index (χ2n) is 8.37. The summed E-state index contributed by atoms with van der Waals surface area (Å²) < 4.78 is 1.65. The van der Waals surface area contributed by atoms with Crippen molar-refractivity contribution in [1.29, 1.82) is 0 Å². The first-order chi connectivity index (χ1) is 12.2. The first-order valence-electron chi connectivity index (χ1n) is 9.81. The topological polar surface area (TPSA) is 67.2 Å². The molecule has 6 heteroatoms. The van der Waals surface area contributed by atoms with Crippen LogP contribution < -0.4 is 5.32 Å². The monoisotopic (exact) mass is 362 g/mol. The zero-order valence-electron chi connectivity index (χ0n) is 17.1. The highest BCUT2D eigenvalue weighted by Gasteiger charge is 2.28. The smallest absolute Gasteiger partial charge is 0.269 e. The maximum absolute atomic E-state index is 12.6. The van der Waals surface area contributed by atoms with Gasteiger partial charge in [-0.3, -0.25) is 14.3 Å². The summed E-state index contributed by atoms with van der Waals surface area (Å²) in [6, 6.07) is 1.99. The van der Waals surface area contributed by atoms with Crippen LogP contribution in [0.1, 0.15) is 76.5 Å². The van der Waals surface area contributed by atoms with E-state index in [2.05, 4.69) is 45.0 Å². The van der Waals surface area contributed by atoms with E-state index in [9.17, 15) is 9.59 Å². The van der Waals surface area contributed by atoms with E-state index in [1.54, 1.807) is 11.7 Å². The van der Waals surface area contributed by atoms with Gasteiger partial charge in [0, 0.05) is 37.5 Å². The number of rotatable bonds is 5. The molecule has 146 valence electrons. The van der Waals surface area contributed by atoms with E-state index >= 15 is 0 Å². The van der Waals surface area contributed by atoms with Crippen LogP contribution in [0.3, 0.4) is 0 Å². The van der Waals surface area contributed by atoms with Gasteiger partial charge >= 0.3 is 0 Å². The molecule has 1 aliphatic heterocycles. The van der Waals surface area contributed by atoms with E-state index in [1.807, 2.05) is 11.0 Å². The van der Waals surface area contributed by atoms with Crippen molar-refractivity contribution in [3.05, 3.63) is 17.5 Å². The van der Waals surface area contributed by atoms with Crippen molar-refractivity contribution in [3.8, 4) is 0 Å². The van der Waals surface area contributed by atoms with Gasteiger partial charge in [0.15, 0.2) is 0 Å². The zero-order chi connectivity index (χ0) is 19.5. The number of piperidine rings is 1. The second-order valence-corrected chi connectivity index (χ2v) is 8.37. The van der Waals surface area contributed by atoms with E-state index in [0.717, 1.165) is 44.5 Å². The third kappa shape index (κ3) is 4.65. The molecule has 0 saturated carbocycles. The van der Waals surface area contributed by atoms with Crippen molar-refractivity contribution >= 4 is 11.8 Å². The summed E-state index contributed by atoms with van der Waals surface area (Å²) in [5, 5.41) is 7.59. The summed E-state index contributed by atoms with van der Waals surface area (Å²) in [4.78, 5) is 27.1. The van der Waals surface area contributed by atoms with Crippen molar-refractivity contribution in [1.82, 2.24) is 20.0 Å². The summed E-state index contributed by atoms with van der Waals surface area (Å²) in [6.45, 7) is 11.8. The van der Waals surface area contributed by atoms with E-state index in [-0.39, 0.29) is 29.2 Å². The predicted octanol–water partition coefficient (Wildman–Crippen LogP) is 2.87. The molecule has 2 rings (SSSR count). The minimum Gasteiger partial charge on any atom is -0.348 e. The van der Waals surface area contributed by atoms with Gasteiger partial charge in [-0.25, -0.2) is 0 Å². The maximum atomic E-state index is 12.6.